The van der Waals surface area contributed by atoms with Gasteiger partial charge in [0, 0.05) is 22.7 Å². The molecule has 0 heterocycles. The lowest BCUT2D eigenvalue weighted by molar-refractivity contribution is 0.474. The molecule has 0 spiro atoms. The minimum Gasteiger partial charge on any atom is -0.507 e. The molecule has 0 aliphatic rings. The van der Waals surface area contributed by atoms with Crippen LogP contribution in [0.1, 0.15) is 30.9 Å². The number of phenolic OH excluding ortho intramolecular Hbond substituents is 1. The van der Waals surface area contributed by atoms with Gasteiger partial charge in [0.1, 0.15) is 11.6 Å². The van der Waals surface area contributed by atoms with E-state index in [-0.39, 0.29) is 11.6 Å². The highest BCUT2D eigenvalue weighted by Gasteiger charge is 2.15. The average Bonchev–Trinajstić information content (AvgIpc) is 2.48. The Morgan fingerprint density at radius 3 is 2.67 bits per heavy atom. The van der Waals surface area contributed by atoms with E-state index in [1.54, 1.807) is 30.3 Å². The second kappa shape index (κ2) is 7.23. The van der Waals surface area contributed by atoms with Gasteiger partial charge in [0.05, 0.1) is 5.71 Å². The largest absolute Gasteiger partial charge is 0.507 e. The third kappa shape index (κ3) is 3.82. The molecule has 21 heavy (non-hydrogen) atoms. The summed E-state index contributed by atoms with van der Waals surface area (Å²) in [6, 6.07) is 11.1. The maximum absolute atomic E-state index is 14.1. The van der Waals surface area contributed by atoms with Crippen LogP contribution in [0.5, 0.6) is 5.75 Å². The molecule has 0 saturated carbocycles. The molecule has 0 bridgehead atoms. The summed E-state index contributed by atoms with van der Waals surface area (Å²) >= 11 is 5.99. The summed E-state index contributed by atoms with van der Waals surface area (Å²) in [6.45, 7) is 2.64. The lowest BCUT2D eigenvalue weighted by Crippen LogP contribution is -2.07. The number of unbranched alkanes of at least 4 members (excludes halogenated alkanes) is 1. The number of rotatable bonds is 5. The number of hydrogen-bond acceptors (Lipinski definition) is 2. The molecule has 2 nitrogen and oxygen atoms in total. The van der Waals surface area contributed by atoms with E-state index >= 15 is 0 Å². The van der Waals surface area contributed by atoms with E-state index in [9.17, 15) is 9.50 Å². The van der Waals surface area contributed by atoms with Crippen LogP contribution in [-0.2, 0) is 0 Å². The lowest BCUT2D eigenvalue weighted by Gasteiger charge is -2.11. The van der Waals surface area contributed by atoms with Gasteiger partial charge >= 0.3 is 0 Å². The second-order valence-electron chi connectivity index (χ2n) is 4.73. The first kappa shape index (κ1) is 15.5. The van der Waals surface area contributed by atoms with Crippen molar-refractivity contribution in [3.05, 3.63) is 64.4 Å². The van der Waals surface area contributed by atoms with Crippen LogP contribution in [0.4, 0.5) is 4.39 Å². The predicted octanol–water partition coefficient (Wildman–Crippen LogP) is 4.82. The highest BCUT2D eigenvalue weighted by molar-refractivity contribution is 6.31. The molecule has 4 heteroatoms. The molecule has 0 amide bonds. The van der Waals surface area contributed by atoms with Gasteiger partial charge in [-0.25, -0.2) is 4.39 Å². The normalized spacial score (nSPS) is 11.7. The maximum Gasteiger partial charge on any atom is 0.132 e. The van der Waals surface area contributed by atoms with Crippen LogP contribution in [0.25, 0.3) is 0 Å². The van der Waals surface area contributed by atoms with E-state index in [2.05, 4.69) is 11.9 Å². The summed E-state index contributed by atoms with van der Waals surface area (Å²) in [5.41, 5.74) is 1.25. The number of benzene rings is 2. The highest BCUT2D eigenvalue weighted by atomic mass is 35.5. The van der Waals surface area contributed by atoms with E-state index in [4.69, 9.17) is 11.6 Å². The van der Waals surface area contributed by atoms with Gasteiger partial charge in [0.25, 0.3) is 0 Å². The van der Waals surface area contributed by atoms with Crippen LogP contribution in [0.3, 0.4) is 0 Å². The molecule has 0 fully saturated rings. The van der Waals surface area contributed by atoms with Gasteiger partial charge in [-0.05, 0) is 36.8 Å². The van der Waals surface area contributed by atoms with Crippen LogP contribution in [-0.4, -0.2) is 17.4 Å². The summed E-state index contributed by atoms with van der Waals surface area (Å²) in [5, 5.41) is 10.5. The Morgan fingerprint density at radius 1 is 1.19 bits per heavy atom. The Labute approximate surface area is 128 Å². The van der Waals surface area contributed by atoms with Gasteiger partial charge in [0.2, 0.25) is 0 Å². The Hall–Kier alpha value is -1.87. The molecule has 0 aliphatic heterocycles. The number of hydrogen-bond donors (Lipinski definition) is 1. The third-order valence-corrected chi connectivity index (χ3v) is 3.36. The molecular formula is C17H17ClFNO. The number of aliphatic imine (C=N–C) groups is 1. The summed E-state index contributed by atoms with van der Waals surface area (Å²) < 4.78 is 14.1. The molecular weight excluding hydrogens is 289 g/mol. The number of nitrogens with zero attached hydrogens (tertiary/aromatic N) is 1. The van der Waals surface area contributed by atoms with Gasteiger partial charge < -0.3 is 5.11 Å². The van der Waals surface area contributed by atoms with E-state index in [0.29, 0.717) is 28.4 Å². The van der Waals surface area contributed by atoms with Gasteiger partial charge in [-0.15, -0.1) is 0 Å². The Balaban J connectivity index is 2.54. The van der Waals surface area contributed by atoms with Gasteiger partial charge in [0.15, 0.2) is 0 Å². The first-order chi connectivity index (χ1) is 10.1. The molecule has 2 rings (SSSR count). The smallest absolute Gasteiger partial charge is 0.132 e. The van der Waals surface area contributed by atoms with Crippen molar-refractivity contribution in [2.75, 3.05) is 6.54 Å². The van der Waals surface area contributed by atoms with Crippen molar-refractivity contribution in [3.8, 4) is 5.75 Å². The summed E-state index contributed by atoms with van der Waals surface area (Å²) in [7, 11) is 0. The van der Waals surface area contributed by atoms with Crippen LogP contribution in [0, 0.1) is 5.82 Å². The zero-order chi connectivity index (χ0) is 15.2. The fraction of sp³-hybridized carbons (Fsp3) is 0.235. The van der Waals surface area contributed by atoms with Crippen LogP contribution >= 0.6 is 11.6 Å². The summed E-state index contributed by atoms with van der Waals surface area (Å²) in [5.74, 6) is -0.329. The fourth-order valence-electron chi connectivity index (χ4n) is 2.02. The Bertz CT molecular complexity index is 655. The summed E-state index contributed by atoms with van der Waals surface area (Å²) in [4.78, 5) is 4.47. The predicted molar refractivity (Wildman–Crippen MR) is 84.9 cm³/mol. The van der Waals surface area contributed by atoms with Crippen molar-refractivity contribution >= 4 is 17.3 Å². The van der Waals surface area contributed by atoms with Crippen molar-refractivity contribution in [2.45, 2.75) is 19.8 Å². The Morgan fingerprint density at radius 2 is 1.95 bits per heavy atom. The van der Waals surface area contributed by atoms with Crippen LogP contribution in [0.15, 0.2) is 47.5 Å². The van der Waals surface area contributed by atoms with E-state index in [1.165, 1.54) is 12.1 Å². The SMILES string of the molecule is CCCCN=C(c1cc(Cl)ccc1O)c1ccccc1F. The Kier molecular flexibility index (Phi) is 5.34. The molecule has 0 unspecified atom stereocenters. The van der Waals surface area contributed by atoms with E-state index in [0.717, 1.165) is 12.8 Å². The molecule has 0 aliphatic carbocycles. The molecule has 0 saturated heterocycles. The number of phenols is 1. The zero-order valence-corrected chi connectivity index (χ0v) is 12.6. The zero-order valence-electron chi connectivity index (χ0n) is 11.8. The minimum atomic E-state index is -0.368. The average molecular weight is 306 g/mol. The first-order valence-electron chi connectivity index (χ1n) is 6.91. The van der Waals surface area contributed by atoms with Crippen LogP contribution in [0.2, 0.25) is 5.02 Å². The molecule has 2 aromatic carbocycles. The van der Waals surface area contributed by atoms with Crippen molar-refractivity contribution in [1.29, 1.82) is 0 Å². The number of halogens is 2. The van der Waals surface area contributed by atoms with Crippen molar-refractivity contribution in [3.63, 3.8) is 0 Å². The van der Waals surface area contributed by atoms with Crippen molar-refractivity contribution < 1.29 is 9.50 Å². The first-order valence-corrected chi connectivity index (χ1v) is 7.29. The maximum atomic E-state index is 14.1. The van der Waals surface area contributed by atoms with Crippen molar-refractivity contribution in [2.24, 2.45) is 4.99 Å². The third-order valence-electron chi connectivity index (χ3n) is 3.12. The monoisotopic (exact) mass is 305 g/mol. The van der Waals surface area contributed by atoms with E-state index < -0.39 is 0 Å². The van der Waals surface area contributed by atoms with Gasteiger partial charge in [-0.2, -0.15) is 0 Å². The molecule has 0 atom stereocenters. The van der Waals surface area contributed by atoms with Crippen LogP contribution < -0.4 is 0 Å². The fourth-order valence-corrected chi connectivity index (χ4v) is 2.19. The van der Waals surface area contributed by atoms with Crippen molar-refractivity contribution in [1.82, 2.24) is 0 Å². The van der Waals surface area contributed by atoms with Gasteiger partial charge in [-0.1, -0.05) is 37.1 Å². The van der Waals surface area contributed by atoms with E-state index in [1.807, 2.05) is 0 Å². The molecule has 110 valence electrons. The lowest BCUT2D eigenvalue weighted by atomic mass is 10.0. The molecule has 0 aromatic heterocycles. The standard InChI is InChI=1S/C17H17ClFNO/c1-2-3-10-20-17(13-6-4-5-7-15(13)19)14-11-12(18)8-9-16(14)21/h4-9,11,21H,2-3,10H2,1H3. The summed E-state index contributed by atoms with van der Waals surface area (Å²) in [6.07, 6.45) is 1.90. The second-order valence-corrected chi connectivity index (χ2v) is 5.16. The highest BCUT2D eigenvalue weighted by Crippen LogP contribution is 2.26. The minimum absolute atomic E-state index is 0.0397. The molecule has 0 radical (unpaired) electrons. The molecule has 2 aromatic rings. The molecule has 1 N–H and O–H groups in total. The number of aromatic hydroxyl groups is 1. The van der Waals surface area contributed by atoms with Gasteiger partial charge in [-0.3, -0.25) is 4.99 Å². The quantitative estimate of drug-likeness (QED) is 0.623. The topological polar surface area (TPSA) is 32.6 Å².